The van der Waals surface area contributed by atoms with Gasteiger partial charge in [0.1, 0.15) is 0 Å². The summed E-state index contributed by atoms with van der Waals surface area (Å²) in [6.07, 6.45) is 2.73. The highest BCUT2D eigenvalue weighted by Crippen LogP contribution is 2.23. The molecule has 0 spiro atoms. The molecule has 126 valence electrons. The largest absolute Gasteiger partial charge is 0.306 e. The number of nitrogens with zero attached hydrogens (tertiary/aromatic N) is 2. The summed E-state index contributed by atoms with van der Waals surface area (Å²) >= 11 is 0. The van der Waals surface area contributed by atoms with Gasteiger partial charge in [-0.15, -0.1) is 0 Å². The Morgan fingerprint density at radius 1 is 1.00 bits per heavy atom. The molecule has 1 saturated carbocycles. The summed E-state index contributed by atoms with van der Waals surface area (Å²) in [6.45, 7) is 0. The van der Waals surface area contributed by atoms with Crippen LogP contribution < -0.4 is 4.72 Å². The van der Waals surface area contributed by atoms with Crippen LogP contribution in [0, 0.1) is 0 Å². The van der Waals surface area contributed by atoms with Crippen LogP contribution >= 0.6 is 0 Å². The second kappa shape index (κ2) is 7.36. The highest BCUT2D eigenvalue weighted by atomic mass is 32.2. The van der Waals surface area contributed by atoms with Gasteiger partial charge >= 0.3 is 0 Å². The van der Waals surface area contributed by atoms with Gasteiger partial charge < -0.3 is 4.90 Å². The standard InChI is InChI=1S/C12H27N3O4S2/c1-14(2)12-7-6-11(10-12)13-20(16,17)8-5-9-21(18,19)15(3)4/h11-13H,5-10H2,1-4H3/t11-,12+/m1/s1. The highest BCUT2D eigenvalue weighted by Gasteiger charge is 2.29. The average Bonchev–Trinajstić information content (AvgIpc) is 2.75. The van der Waals surface area contributed by atoms with E-state index >= 15 is 0 Å². The van der Waals surface area contributed by atoms with E-state index in [2.05, 4.69) is 9.62 Å². The van der Waals surface area contributed by atoms with Crippen LogP contribution in [0.3, 0.4) is 0 Å². The van der Waals surface area contributed by atoms with E-state index in [1.165, 1.54) is 14.1 Å². The molecule has 1 fully saturated rings. The maximum atomic E-state index is 12.0. The topological polar surface area (TPSA) is 86.8 Å². The van der Waals surface area contributed by atoms with Crippen molar-refractivity contribution in [3.63, 3.8) is 0 Å². The van der Waals surface area contributed by atoms with Gasteiger partial charge in [0.05, 0.1) is 11.5 Å². The van der Waals surface area contributed by atoms with Gasteiger partial charge in [0, 0.05) is 26.2 Å². The molecule has 0 heterocycles. The first-order valence-corrected chi connectivity index (χ1v) is 10.4. The lowest BCUT2D eigenvalue weighted by atomic mass is 10.2. The summed E-state index contributed by atoms with van der Waals surface area (Å²) in [7, 11) is 0.133. The van der Waals surface area contributed by atoms with Crippen LogP contribution in [-0.4, -0.2) is 77.8 Å². The molecule has 1 aliphatic rings. The van der Waals surface area contributed by atoms with E-state index in [0.717, 1.165) is 23.6 Å². The quantitative estimate of drug-likeness (QED) is 0.653. The summed E-state index contributed by atoms with van der Waals surface area (Å²) in [6, 6.07) is 0.375. The van der Waals surface area contributed by atoms with Gasteiger partial charge in [0.15, 0.2) is 0 Å². The number of rotatable bonds is 8. The van der Waals surface area contributed by atoms with Crippen molar-refractivity contribution in [3.05, 3.63) is 0 Å². The summed E-state index contributed by atoms with van der Waals surface area (Å²) in [4.78, 5) is 2.11. The molecular weight excluding hydrogens is 314 g/mol. The molecule has 1 aliphatic carbocycles. The lowest BCUT2D eigenvalue weighted by Gasteiger charge is -2.19. The van der Waals surface area contributed by atoms with Crippen molar-refractivity contribution in [1.82, 2.24) is 13.9 Å². The third-order valence-corrected chi connectivity index (χ3v) is 7.29. The van der Waals surface area contributed by atoms with E-state index in [1.54, 1.807) is 0 Å². The van der Waals surface area contributed by atoms with Crippen LogP contribution in [0.2, 0.25) is 0 Å². The molecule has 7 nitrogen and oxygen atoms in total. The molecule has 0 radical (unpaired) electrons. The molecule has 0 aliphatic heterocycles. The van der Waals surface area contributed by atoms with Crippen LogP contribution in [0.15, 0.2) is 0 Å². The zero-order valence-electron chi connectivity index (χ0n) is 13.2. The number of hydrogen-bond acceptors (Lipinski definition) is 5. The Kier molecular flexibility index (Phi) is 6.60. The van der Waals surface area contributed by atoms with Crippen molar-refractivity contribution in [3.8, 4) is 0 Å². The Labute approximate surface area is 128 Å². The fraction of sp³-hybridized carbons (Fsp3) is 1.00. The summed E-state index contributed by atoms with van der Waals surface area (Å²) in [5.74, 6) is -0.297. The molecular formula is C12H27N3O4S2. The van der Waals surface area contributed by atoms with Gasteiger partial charge in [-0.05, 0) is 39.8 Å². The van der Waals surface area contributed by atoms with Crippen molar-refractivity contribution in [2.75, 3.05) is 39.7 Å². The second-order valence-corrected chi connectivity index (χ2v) is 10.2. The van der Waals surface area contributed by atoms with Crippen molar-refractivity contribution in [1.29, 1.82) is 0 Å². The van der Waals surface area contributed by atoms with Crippen molar-refractivity contribution < 1.29 is 16.8 Å². The number of nitrogens with one attached hydrogen (secondary N) is 1. The minimum Gasteiger partial charge on any atom is -0.306 e. The summed E-state index contributed by atoms with van der Waals surface area (Å²) in [5, 5.41) is 0. The fourth-order valence-electron chi connectivity index (χ4n) is 2.46. The first kappa shape index (κ1) is 18.8. The first-order valence-electron chi connectivity index (χ1n) is 7.10. The van der Waals surface area contributed by atoms with Gasteiger partial charge in [0.25, 0.3) is 0 Å². The minimum atomic E-state index is -3.41. The lowest BCUT2D eigenvalue weighted by molar-refractivity contribution is 0.295. The van der Waals surface area contributed by atoms with Crippen LogP contribution in [0.1, 0.15) is 25.7 Å². The predicted octanol–water partition coefficient (Wildman–Crippen LogP) is -0.330. The van der Waals surface area contributed by atoms with Crippen LogP contribution in [-0.2, 0) is 20.0 Å². The molecule has 0 unspecified atom stereocenters. The van der Waals surface area contributed by atoms with E-state index < -0.39 is 20.0 Å². The van der Waals surface area contributed by atoms with Gasteiger partial charge in [-0.3, -0.25) is 0 Å². The summed E-state index contributed by atoms with van der Waals surface area (Å²) < 4.78 is 50.9. The molecule has 1 N–H and O–H groups in total. The van der Waals surface area contributed by atoms with Crippen LogP contribution in [0.4, 0.5) is 0 Å². The molecule has 0 bridgehead atoms. The van der Waals surface area contributed by atoms with E-state index in [1.807, 2.05) is 14.1 Å². The Hall–Kier alpha value is -0.220. The lowest BCUT2D eigenvalue weighted by Crippen LogP contribution is -2.37. The monoisotopic (exact) mass is 341 g/mol. The average molecular weight is 341 g/mol. The minimum absolute atomic E-state index is 0.0344. The Morgan fingerprint density at radius 2 is 1.62 bits per heavy atom. The van der Waals surface area contributed by atoms with Crippen molar-refractivity contribution in [2.45, 2.75) is 37.8 Å². The second-order valence-electron chi connectivity index (χ2n) is 6.02. The molecule has 2 atom stereocenters. The number of sulfonamides is 2. The van der Waals surface area contributed by atoms with Gasteiger partial charge in [-0.25, -0.2) is 25.9 Å². The molecule has 0 aromatic carbocycles. The van der Waals surface area contributed by atoms with Crippen molar-refractivity contribution >= 4 is 20.0 Å². The highest BCUT2D eigenvalue weighted by molar-refractivity contribution is 7.90. The normalized spacial score (nSPS) is 24.1. The molecule has 21 heavy (non-hydrogen) atoms. The van der Waals surface area contributed by atoms with E-state index in [4.69, 9.17) is 0 Å². The zero-order valence-corrected chi connectivity index (χ0v) is 14.9. The third kappa shape index (κ3) is 6.19. The molecule has 0 amide bonds. The van der Waals surface area contributed by atoms with Crippen LogP contribution in [0.25, 0.3) is 0 Å². The zero-order chi connectivity index (χ0) is 16.3. The van der Waals surface area contributed by atoms with E-state index in [9.17, 15) is 16.8 Å². The maximum Gasteiger partial charge on any atom is 0.213 e. The van der Waals surface area contributed by atoms with Gasteiger partial charge in [-0.1, -0.05) is 0 Å². The fourth-order valence-corrected chi connectivity index (χ4v) is 4.88. The Bertz CT molecular complexity index is 529. The van der Waals surface area contributed by atoms with E-state index in [0.29, 0.717) is 6.04 Å². The molecule has 0 saturated heterocycles. The van der Waals surface area contributed by atoms with Gasteiger partial charge in [0.2, 0.25) is 20.0 Å². The molecule has 9 heteroatoms. The molecule has 1 rings (SSSR count). The summed E-state index contributed by atoms with van der Waals surface area (Å²) in [5.41, 5.74) is 0. The Morgan fingerprint density at radius 3 is 2.10 bits per heavy atom. The predicted molar refractivity (Wildman–Crippen MR) is 84.1 cm³/mol. The van der Waals surface area contributed by atoms with Crippen LogP contribution in [0.5, 0.6) is 0 Å². The number of hydrogen-bond donors (Lipinski definition) is 1. The smallest absolute Gasteiger partial charge is 0.213 e. The third-order valence-electron chi connectivity index (χ3n) is 3.85. The van der Waals surface area contributed by atoms with Gasteiger partial charge in [-0.2, -0.15) is 0 Å². The van der Waals surface area contributed by atoms with Crippen molar-refractivity contribution in [2.24, 2.45) is 0 Å². The molecule has 0 aromatic rings. The Balaban J connectivity index is 2.42. The maximum absolute atomic E-state index is 12.0. The first-order chi connectivity index (χ1) is 9.53. The molecule has 0 aromatic heterocycles. The SMILES string of the molecule is CN(C)[C@H]1CC[C@@H](NS(=O)(=O)CCCS(=O)(=O)N(C)C)C1. The van der Waals surface area contributed by atoms with E-state index in [-0.39, 0.29) is 24.0 Å².